The number of carbonyl (C=O) groups is 1. The van der Waals surface area contributed by atoms with Gasteiger partial charge in [-0.1, -0.05) is 36.3 Å². The number of carboxylic acids is 1. The van der Waals surface area contributed by atoms with Gasteiger partial charge in [-0.25, -0.2) is 0 Å². The van der Waals surface area contributed by atoms with Crippen LogP contribution in [0.5, 0.6) is 0 Å². The summed E-state index contributed by atoms with van der Waals surface area (Å²) in [7, 11) is 0. The molecular formula is C13H15NO2. The number of aliphatic carboxylic acids is 1. The molecule has 0 bridgehead atoms. The normalized spacial score (nSPS) is 10.0. The Balaban J connectivity index is 2.51. The highest BCUT2D eigenvalue weighted by molar-refractivity contribution is 5.66. The van der Waals surface area contributed by atoms with Crippen LogP contribution in [-0.4, -0.2) is 29.1 Å². The van der Waals surface area contributed by atoms with Crippen molar-refractivity contribution in [2.45, 2.75) is 13.0 Å². The number of terminal acetylenes is 1. The van der Waals surface area contributed by atoms with Crippen LogP contribution in [0.4, 0.5) is 0 Å². The molecule has 0 aromatic heterocycles. The summed E-state index contributed by atoms with van der Waals surface area (Å²) < 4.78 is 0. The SMILES string of the molecule is C#CCN(CCC(=O)O)Cc1ccccc1. The smallest absolute Gasteiger partial charge is 0.304 e. The molecule has 0 saturated carbocycles. The van der Waals surface area contributed by atoms with Crippen molar-refractivity contribution in [2.75, 3.05) is 13.1 Å². The van der Waals surface area contributed by atoms with Gasteiger partial charge in [0.2, 0.25) is 0 Å². The van der Waals surface area contributed by atoms with E-state index < -0.39 is 5.97 Å². The molecule has 1 aromatic rings. The first-order valence-corrected chi connectivity index (χ1v) is 5.14. The fraction of sp³-hybridized carbons (Fsp3) is 0.308. The van der Waals surface area contributed by atoms with Crippen LogP contribution in [0.2, 0.25) is 0 Å². The maximum absolute atomic E-state index is 10.5. The lowest BCUT2D eigenvalue weighted by Gasteiger charge is -2.18. The van der Waals surface area contributed by atoms with Crippen molar-refractivity contribution in [3.63, 3.8) is 0 Å². The molecule has 1 aromatic carbocycles. The molecule has 1 N–H and O–H groups in total. The van der Waals surface area contributed by atoms with Crippen LogP contribution in [0, 0.1) is 12.3 Å². The summed E-state index contributed by atoms with van der Waals surface area (Å²) in [5, 5.41) is 8.62. The van der Waals surface area contributed by atoms with Crippen LogP contribution < -0.4 is 0 Å². The summed E-state index contributed by atoms with van der Waals surface area (Å²) in [6.07, 6.45) is 5.37. The summed E-state index contributed by atoms with van der Waals surface area (Å²) in [5.74, 6) is 1.75. The molecule has 0 aliphatic rings. The molecule has 0 spiro atoms. The first-order valence-electron chi connectivity index (χ1n) is 5.14. The van der Waals surface area contributed by atoms with E-state index in [9.17, 15) is 4.79 Å². The maximum Gasteiger partial charge on any atom is 0.304 e. The molecule has 0 unspecified atom stereocenters. The summed E-state index contributed by atoms with van der Waals surface area (Å²) in [4.78, 5) is 12.4. The molecular weight excluding hydrogens is 202 g/mol. The lowest BCUT2D eigenvalue weighted by Crippen LogP contribution is -2.26. The Morgan fingerprint density at radius 3 is 2.62 bits per heavy atom. The summed E-state index contributed by atoms with van der Waals surface area (Å²) in [6, 6.07) is 9.88. The quantitative estimate of drug-likeness (QED) is 0.736. The van der Waals surface area contributed by atoms with Crippen molar-refractivity contribution in [2.24, 2.45) is 0 Å². The molecule has 1 rings (SSSR count). The van der Waals surface area contributed by atoms with E-state index in [1.165, 1.54) is 0 Å². The second-order valence-corrected chi connectivity index (χ2v) is 3.54. The average molecular weight is 217 g/mol. The molecule has 0 fully saturated rings. The van der Waals surface area contributed by atoms with E-state index >= 15 is 0 Å². The van der Waals surface area contributed by atoms with Crippen molar-refractivity contribution in [1.82, 2.24) is 4.90 Å². The topological polar surface area (TPSA) is 40.5 Å². The van der Waals surface area contributed by atoms with E-state index in [1.807, 2.05) is 35.2 Å². The first kappa shape index (κ1) is 12.3. The van der Waals surface area contributed by atoms with Gasteiger partial charge < -0.3 is 5.11 Å². The third-order valence-electron chi connectivity index (χ3n) is 2.21. The number of benzene rings is 1. The Morgan fingerprint density at radius 2 is 2.06 bits per heavy atom. The minimum atomic E-state index is -0.796. The fourth-order valence-corrected chi connectivity index (χ4v) is 1.44. The summed E-state index contributed by atoms with van der Waals surface area (Å²) >= 11 is 0. The standard InChI is InChI=1S/C13H15NO2/c1-2-9-14(10-8-13(15)16)11-12-6-4-3-5-7-12/h1,3-7H,8-11H2,(H,15,16). The number of carboxylic acid groups (broad SMARTS) is 1. The Labute approximate surface area is 95.7 Å². The van der Waals surface area contributed by atoms with Gasteiger partial charge in [-0.15, -0.1) is 6.42 Å². The number of nitrogens with zero attached hydrogens (tertiary/aromatic N) is 1. The molecule has 0 aliphatic carbocycles. The Morgan fingerprint density at radius 1 is 1.38 bits per heavy atom. The third-order valence-corrected chi connectivity index (χ3v) is 2.21. The monoisotopic (exact) mass is 217 g/mol. The maximum atomic E-state index is 10.5. The van der Waals surface area contributed by atoms with Gasteiger partial charge in [0, 0.05) is 13.1 Å². The molecule has 0 saturated heterocycles. The third kappa shape index (κ3) is 4.63. The van der Waals surface area contributed by atoms with Crippen LogP contribution in [-0.2, 0) is 11.3 Å². The number of rotatable bonds is 6. The lowest BCUT2D eigenvalue weighted by atomic mass is 10.2. The van der Waals surface area contributed by atoms with Gasteiger partial charge in [0.1, 0.15) is 0 Å². The van der Waals surface area contributed by atoms with Crippen LogP contribution in [0.3, 0.4) is 0 Å². The van der Waals surface area contributed by atoms with Gasteiger partial charge in [-0.2, -0.15) is 0 Å². The van der Waals surface area contributed by atoms with E-state index in [0.29, 0.717) is 19.6 Å². The minimum Gasteiger partial charge on any atom is -0.481 e. The van der Waals surface area contributed by atoms with E-state index in [0.717, 1.165) is 5.56 Å². The van der Waals surface area contributed by atoms with Gasteiger partial charge in [-0.3, -0.25) is 9.69 Å². The van der Waals surface area contributed by atoms with Gasteiger partial charge in [0.25, 0.3) is 0 Å². The highest BCUT2D eigenvalue weighted by atomic mass is 16.4. The van der Waals surface area contributed by atoms with Crippen LogP contribution in [0.25, 0.3) is 0 Å². The van der Waals surface area contributed by atoms with E-state index in [4.69, 9.17) is 11.5 Å². The zero-order valence-corrected chi connectivity index (χ0v) is 9.10. The largest absolute Gasteiger partial charge is 0.481 e. The molecule has 0 radical (unpaired) electrons. The Bertz CT molecular complexity index is 367. The van der Waals surface area contributed by atoms with Crippen molar-refractivity contribution >= 4 is 5.97 Å². The fourth-order valence-electron chi connectivity index (χ4n) is 1.44. The summed E-state index contributed by atoms with van der Waals surface area (Å²) in [6.45, 7) is 1.65. The van der Waals surface area contributed by atoms with E-state index in [-0.39, 0.29) is 6.42 Å². The Kier molecular flexibility index (Phi) is 5.10. The molecule has 84 valence electrons. The van der Waals surface area contributed by atoms with Crippen molar-refractivity contribution in [3.8, 4) is 12.3 Å². The number of hydrogen-bond acceptors (Lipinski definition) is 2. The van der Waals surface area contributed by atoms with Crippen LogP contribution in [0.1, 0.15) is 12.0 Å². The highest BCUT2D eigenvalue weighted by Gasteiger charge is 2.06. The highest BCUT2D eigenvalue weighted by Crippen LogP contribution is 2.04. The first-order chi connectivity index (χ1) is 7.72. The van der Waals surface area contributed by atoms with Gasteiger partial charge in [-0.05, 0) is 5.56 Å². The second kappa shape index (κ2) is 6.65. The average Bonchev–Trinajstić information content (AvgIpc) is 2.27. The van der Waals surface area contributed by atoms with Crippen LogP contribution in [0.15, 0.2) is 30.3 Å². The molecule has 3 heteroatoms. The molecule has 0 heterocycles. The van der Waals surface area contributed by atoms with E-state index in [2.05, 4.69) is 5.92 Å². The lowest BCUT2D eigenvalue weighted by molar-refractivity contribution is -0.137. The van der Waals surface area contributed by atoms with Crippen molar-refractivity contribution in [1.29, 1.82) is 0 Å². The van der Waals surface area contributed by atoms with Gasteiger partial charge in [0.15, 0.2) is 0 Å². The number of hydrogen-bond donors (Lipinski definition) is 1. The Hall–Kier alpha value is -1.79. The molecule has 0 aliphatic heterocycles. The predicted octanol–water partition coefficient (Wildman–Crippen LogP) is 1.60. The zero-order chi connectivity index (χ0) is 11.8. The summed E-state index contributed by atoms with van der Waals surface area (Å²) in [5.41, 5.74) is 1.14. The van der Waals surface area contributed by atoms with Gasteiger partial charge >= 0.3 is 5.97 Å². The van der Waals surface area contributed by atoms with Gasteiger partial charge in [0.05, 0.1) is 13.0 Å². The second-order valence-electron chi connectivity index (χ2n) is 3.54. The zero-order valence-electron chi connectivity index (χ0n) is 9.10. The molecule has 0 amide bonds. The van der Waals surface area contributed by atoms with Crippen molar-refractivity contribution in [3.05, 3.63) is 35.9 Å². The minimum absolute atomic E-state index is 0.120. The molecule has 16 heavy (non-hydrogen) atoms. The van der Waals surface area contributed by atoms with E-state index in [1.54, 1.807) is 0 Å². The van der Waals surface area contributed by atoms with Crippen LogP contribution >= 0.6 is 0 Å². The molecule has 0 atom stereocenters. The predicted molar refractivity (Wildman–Crippen MR) is 62.8 cm³/mol. The molecule has 3 nitrogen and oxygen atoms in total. The van der Waals surface area contributed by atoms with Crippen molar-refractivity contribution < 1.29 is 9.90 Å².